The summed E-state index contributed by atoms with van der Waals surface area (Å²) >= 11 is 0. The largest absolute Gasteiger partial charge is 0.299 e. The number of sulfone groups is 1. The van der Waals surface area contributed by atoms with Crippen LogP contribution in [0.3, 0.4) is 0 Å². The van der Waals surface area contributed by atoms with Crippen LogP contribution in [0.25, 0.3) is 5.82 Å². The van der Waals surface area contributed by atoms with Gasteiger partial charge in [-0.3, -0.25) is 14.8 Å². The second-order valence-electron chi connectivity index (χ2n) is 7.63. The second-order valence-corrected chi connectivity index (χ2v) is 9.64. The number of benzene rings is 1. The zero-order valence-corrected chi connectivity index (χ0v) is 17.3. The quantitative estimate of drug-likeness (QED) is 0.692. The molecule has 4 rings (SSSR count). The van der Waals surface area contributed by atoms with Gasteiger partial charge in [-0.05, 0) is 56.1 Å². The lowest BCUT2D eigenvalue weighted by molar-refractivity contribution is 0.213. The van der Waals surface area contributed by atoms with Crippen LogP contribution in [0.15, 0.2) is 58.4 Å². The van der Waals surface area contributed by atoms with E-state index in [2.05, 4.69) is 15.0 Å². The van der Waals surface area contributed by atoms with Gasteiger partial charge in [-0.1, -0.05) is 18.2 Å². The lowest BCUT2D eigenvalue weighted by atomic mass is 9.92. The minimum atomic E-state index is -3.19. The average molecular weight is 413 g/mol. The van der Waals surface area contributed by atoms with Crippen LogP contribution in [0.1, 0.15) is 23.2 Å². The van der Waals surface area contributed by atoms with Gasteiger partial charge < -0.3 is 0 Å². The van der Waals surface area contributed by atoms with E-state index in [0.29, 0.717) is 23.7 Å². The number of aromatic nitrogens is 3. The highest BCUT2D eigenvalue weighted by atomic mass is 32.2. The first-order chi connectivity index (χ1) is 13.8. The third-order valence-electron chi connectivity index (χ3n) is 5.52. The molecule has 8 heteroatoms. The summed E-state index contributed by atoms with van der Waals surface area (Å²) in [7, 11) is -1.14. The Morgan fingerprint density at radius 2 is 1.97 bits per heavy atom. The maximum absolute atomic E-state index is 12.9. The van der Waals surface area contributed by atoms with Gasteiger partial charge in [0.15, 0.2) is 15.7 Å². The fraction of sp³-hybridized carbons (Fsp3) is 0.333. The van der Waals surface area contributed by atoms with Crippen molar-refractivity contribution in [1.82, 2.24) is 19.7 Å². The van der Waals surface area contributed by atoms with Crippen molar-refractivity contribution in [3.63, 3.8) is 0 Å². The molecule has 0 saturated heterocycles. The lowest BCUT2D eigenvalue weighted by Gasteiger charge is -2.30. The number of nitrogens with zero attached hydrogens (tertiary/aromatic N) is 3. The number of H-pyrrole nitrogens is 1. The molecule has 1 N–H and O–H groups in total. The summed E-state index contributed by atoms with van der Waals surface area (Å²) in [5.41, 5.74) is 2.83. The van der Waals surface area contributed by atoms with Crippen LogP contribution in [0.4, 0.5) is 0 Å². The Morgan fingerprint density at radius 1 is 1.21 bits per heavy atom. The van der Waals surface area contributed by atoms with Gasteiger partial charge in [0, 0.05) is 36.3 Å². The SMILES string of the molecule is CN(Cc1ccc(S(C)(=O)=O)cc1)C1CCc2[nH]n(-c3ccccn3)c(=O)c2C1. The molecule has 7 nitrogen and oxygen atoms in total. The summed E-state index contributed by atoms with van der Waals surface area (Å²) in [6.07, 6.45) is 5.33. The van der Waals surface area contributed by atoms with Crippen LogP contribution in [-0.4, -0.2) is 47.4 Å². The predicted molar refractivity (Wildman–Crippen MR) is 111 cm³/mol. The molecular formula is C21H24N4O3S. The maximum Gasteiger partial charge on any atom is 0.276 e. The van der Waals surface area contributed by atoms with E-state index in [-0.39, 0.29) is 11.6 Å². The van der Waals surface area contributed by atoms with Gasteiger partial charge in [0.1, 0.15) is 0 Å². The van der Waals surface area contributed by atoms with Gasteiger partial charge in [0.2, 0.25) is 0 Å². The van der Waals surface area contributed by atoms with Crippen molar-refractivity contribution in [3.8, 4) is 5.82 Å². The number of nitrogens with one attached hydrogen (secondary N) is 1. The molecule has 0 saturated carbocycles. The molecule has 0 amide bonds. The molecule has 0 radical (unpaired) electrons. The molecule has 0 aliphatic heterocycles. The van der Waals surface area contributed by atoms with Gasteiger partial charge in [0.25, 0.3) is 5.56 Å². The number of likely N-dealkylation sites (N-methyl/N-ethyl adjacent to an activating group) is 1. The summed E-state index contributed by atoms with van der Waals surface area (Å²) in [6, 6.07) is 12.7. The third kappa shape index (κ3) is 4.04. The highest BCUT2D eigenvalue weighted by molar-refractivity contribution is 7.90. The molecule has 1 aromatic carbocycles. The van der Waals surface area contributed by atoms with Crippen molar-refractivity contribution in [2.75, 3.05) is 13.3 Å². The van der Waals surface area contributed by atoms with Crippen LogP contribution in [0, 0.1) is 0 Å². The van der Waals surface area contributed by atoms with Crippen LogP contribution in [-0.2, 0) is 29.2 Å². The molecule has 2 heterocycles. The monoisotopic (exact) mass is 412 g/mol. The Hall–Kier alpha value is -2.71. The number of pyridine rings is 1. The molecule has 0 spiro atoms. The molecule has 0 fully saturated rings. The van der Waals surface area contributed by atoms with Crippen molar-refractivity contribution >= 4 is 9.84 Å². The number of hydrogen-bond donors (Lipinski definition) is 1. The normalized spacial score (nSPS) is 16.7. The Morgan fingerprint density at radius 3 is 2.62 bits per heavy atom. The van der Waals surface area contributed by atoms with E-state index >= 15 is 0 Å². The number of hydrogen-bond acceptors (Lipinski definition) is 5. The molecule has 2 aromatic heterocycles. The fourth-order valence-corrected chi connectivity index (χ4v) is 4.50. The van der Waals surface area contributed by atoms with Crippen LogP contribution >= 0.6 is 0 Å². The average Bonchev–Trinajstić information content (AvgIpc) is 3.04. The van der Waals surface area contributed by atoms with Crippen molar-refractivity contribution in [2.24, 2.45) is 0 Å². The zero-order chi connectivity index (χ0) is 20.6. The first kappa shape index (κ1) is 19.6. The van der Waals surface area contributed by atoms with Crippen LogP contribution in [0.5, 0.6) is 0 Å². The molecule has 1 unspecified atom stereocenters. The number of aromatic amines is 1. The van der Waals surface area contributed by atoms with Crippen LogP contribution < -0.4 is 5.56 Å². The lowest BCUT2D eigenvalue weighted by Crippen LogP contribution is -2.37. The smallest absolute Gasteiger partial charge is 0.276 e. The highest BCUT2D eigenvalue weighted by Gasteiger charge is 2.27. The van der Waals surface area contributed by atoms with Gasteiger partial charge in [-0.25, -0.2) is 18.1 Å². The molecule has 0 bridgehead atoms. The van der Waals surface area contributed by atoms with E-state index in [4.69, 9.17) is 0 Å². The zero-order valence-electron chi connectivity index (χ0n) is 16.5. The Balaban J connectivity index is 1.50. The fourth-order valence-electron chi connectivity index (χ4n) is 3.87. The molecule has 1 atom stereocenters. The minimum Gasteiger partial charge on any atom is -0.299 e. The summed E-state index contributed by atoms with van der Waals surface area (Å²) in [6.45, 7) is 0.697. The highest BCUT2D eigenvalue weighted by Crippen LogP contribution is 2.23. The first-order valence-corrected chi connectivity index (χ1v) is 11.5. The second kappa shape index (κ2) is 7.61. The van der Waals surface area contributed by atoms with E-state index in [1.54, 1.807) is 18.3 Å². The van der Waals surface area contributed by atoms with Crippen molar-refractivity contribution in [3.05, 3.63) is 75.8 Å². The summed E-state index contributed by atoms with van der Waals surface area (Å²) < 4.78 is 24.8. The van der Waals surface area contributed by atoms with Gasteiger partial charge in [0.05, 0.1) is 4.90 Å². The number of fused-ring (bicyclic) bond motifs is 1. The summed E-state index contributed by atoms with van der Waals surface area (Å²) in [4.78, 5) is 19.7. The first-order valence-electron chi connectivity index (χ1n) is 9.56. The Labute approximate surface area is 169 Å². The molecule has 1 aliphatic rings. The minimum absolute atomic E-state index is 0.0331. The summed E-state index contributed by atoms with van der Waals surface area (Å²) in [5.74, 6) is 0.600. The van der Waals surface area contributed by atoms with E-state index in [9.17, 15) is 13.2 Å². The van der Waals surface area contributed by atoms with E-state index < -0.39 is 9.84 Å². The number of rotatable bonds is 5. The Bertz CT molecular complexity index is 1160. The standard InChI is InChI=1S/C21H24N4O3S/c1-24(14-15-6-9-17(10-7-15)29(2,27)28)16-8-11-19-18(13-16)21(26)25(23-19)20-5-3-4-12-22-20/h3-7,9-10,12,16,23H,8,11,13-14H2,1-2H3. The molecule has 3 aromatic rings. The predicted octanol–water partition coefficient (Wildman–Crippen LogP) is 1.95. The van der Waals surface area contributed by atoms with E-state index in [1.807, 2.05) is 37.4 Å². The van der Waals surface area contributed by atoms with Gasteiger partial charge >= 0.3 is 0 Å². The van der Waals surface area contributed by atoms with Crippen molar-refractivity contribution in [2.45, 2.75) is 36.7 Å². The number of aryl methyl sites for hydroxylation is 1. The Kier molecular flexibility index (Phi) is 5.14. The van der Waals surface area contributed by atoms with Crippen LogP contribution in [0.2, 0.25) is 0 Å². The van der Waals surface area contributed by atoms with Crippen molar-refractivity contribution in [1.29, 1.82) is 0 Å². The van der Waals surface area contributed by atoms with E-state index in [0.717, 1.165) is 29.7 Å². The molecular weight excluding hydrogens is 388 g/mol. The summed E-state index contributed by atoms with van der Waals surface area (Å²) in [5, 5.41) is 3.21. The van der Waals surface area contributed by atoms with Gasteiger partial charge in [-0.15, -0.1) is 0 Å². The third-order valence-corrected chi connectivity index (χ3v) is 6.65. The van der Waals surface area contributed by atoms with Gasteiger partial charge in [-0.2, -0.15) is 0 Å². The maximum atomic E-state index is 12.9. The van der Waals surface area contributed by atoms with E-state index in [1.165, 1.54) is 10.9 Å². The van der Waals surface area contributed by atoms with Crippen molar-refractivity contribution < 1.29 is 8.42 Å². The molecule has 152 valence electrons. The molecule has 1 aliphatic carbocycles. The molecule has 29 heavy (non-hydrogen) atoms. The topological polar surface area (TPSA) is 88.1 Å².